The Hall–Kier alpha value is -2.49. The molecule has 1 aliphatic carbocycles. The molecule has 0 spiro atoms. The molecule has 11 heteroatoms. The average molecular weight is 601 g/mol. The maximum Gasteiger partial charge on any atom is 0.290 e. The van der Waals surface area contributed by atoms with E-state index in [0.29, 0.717) is 28.9 Å². The minimum Gasteiger partial charge on any atom is -0.490 e. The third-order valence-electron chi connectivity index (χ3n) is 7.86. The first-order valence-electron chi connectivity index (χ1n) is 13.4. The Kier molecular flexibility index (Phi) is 9.90. The van der Waals surface area contributed by atoms with E-state index in [0.717, 1.165) is 24.0 Å². The lowest BCUT2D eigenvalue weighted by molar-refractivity contribution is -0.122. The van der Waals surface area contributed by atoms with E-state index < -0.39 is 23.6 Å². The highest BCUT2D eigenvalue weighted by Gasteiger charge is 2.38. The minimum atomic E-state index is -1.54. The van der Waals surface area contributed by atoms with Crippen LogP contribution in [0.5, 0.6) is 5.75 Å². The highest BCUT2D eigenvalue weighted by molar-refractivity contribution is 6.34. The van der Waals surface area contributed by atoms with Crippen molar-refractivity contribution in [2.45, 2.75) is 62.8 Å². The van der Waals surface area contributed by atoms with Gasteiger partial charge in [-0.3, -0.25) is 14.5 Å². The van der Waals surface area contributed by atoms with Gasteiger partial charge in [0.1, 0.15) is 30.0 Å². The summed E-state index contributed by atoms with van der Waals surface area (Å²) in [4.78, 5) is 24.7. The van der Waals surface area contributed by atoms with Crippen molar-refractivity contribution in [1.29, 1.82) is 0 Å². The molecule has 0 aromatic heterocycles. The smallest absolute Gasteiger partial charge is 0.290 e. The molecule has 218 valence electrons. The van der Waals surface area contributed by atoms with Gasteiger partial charge < -0.3 is 14.7 Å². The number of benzene rings is 2. The summed E-state index contributed by atoms with van der Waals surface area (Å²) in [7, 11) is 0. The van der Waals surface area contributed by atoms with Crippen molar-refractivity contribution in [2.24, 2.45) is 0 Å². The van der Waals surface area contributed by atoms with E-state index in [1.54, 1.807) is 6.07 Å². The van der Waals surface area contributed by atoms with Gasteiger partial charge in [0.15, 0.2) is 0 Å². The van der Waals surface area contributed by atoms with Crippen LogP contribution in [0.1, 0.15) is 72.5 Å². The van der Waals surface area contributed by atoms with Crippen molar-refractivity contribution in [3.05, 3.63) is 62.9 Å². The first kappa shape index (κ1) is 30.5. The Balaban J connectivity index is 0.00000118. The molecule has 2 unspecified atom stereocenters. The molecule has 2 heterocycles. The number of hydrogen-bond acceptors (Lipinski definition) is 4. The second-order valence-corrected chi connectivity index (χ2v) is 11.6. The lowest BCUT2D eigenvalue weighted by atomic mass is 9.92. The van der Waals surface area contributed by atoms with Crippen molar-refractivity contribution in [3.8, 4) is 5.75 Å². The lowest BCUT2D eigenvalue weighted by Gasteiger charge is -2.39. The summed E-state index contributed by atoms with van der Waals surface area (Å²) in [5.41, 5.74) is 0.102. The predicted octanol–water partition coefficient (Wildman–Crippen LogP) is 6.84. The zero-order chi connectivity index (χ0) is 29.0. The van der Waals surface area contributed by atoms with Crippen LogP contribution in [0.4, 0.5) is 13.2 Å². The first-order valence-corrected chi connectivity index (χ1v) is 14.2. The normalized spacial score (nSPS) is 21.4. The number of carbonyl (C=O) groups excluding carboxylic acids is 1. The van der Waals surface area contributed by atoms with Gasteiger partial charge in [0.25, 0.3) is 12.4 Å². The van der Waals surface area contributed by atoms with Gasteiger partial charge in [-0.2, -0.15) is 0 Å². The Labute approximate surface area is 242 Å². The van der Waals surface area contributed by atoms with Crippen LogP contribution in [0, 0.1) is 5.82 Å². The van der Waals surface area contributed by atoms with Gasteiger partial charge in [-0.15, -0.1) is 0 Å². The average Bonchev–Trinajstić information content (AvgIpc) is 3.66. The molecule has 0 radical (unpaired) electrons. The molecule has 1 amide bonds. The van der Waals surface area contributed by atoms with Crippen LogP contribution in [0.2, 0.25) is 10.0 Å². The quantitative estimate of drug-likeness (QED) is 0.352. The van der Waals surface area contributed by atoms with Crippen LogP contribution in [0.15, 0.2) is 30.3 Å². The Morgan fingerprint density at radius 3 is 2.30 bits per heavy atom. The Morgan fingerprint density at radius 2 is 1.75 bits per heavy atom. The van der Waals surface area contributed by atoms with E-state index in [2.05, 4.69) is 4.90 Å². The highest BCUT2D eigenvalue weighted by Crippen LogP contribution is 2.46. The van der Waals surface area contributed by atoms with Crippen molar-refractivity contribution in [3.63, 3.8) is 0 Å². The number of hydrogen-bond donors (Lipinski definition) is 1. The van der Waals surface area contributed by atoms with Gasteiger partial charge in [0.2, 0.25) is 0 Å². The van der Waals surface area contributed by atoms with Gasteiger partial charge in [-0.1, -0.05) is 23.2 Å². The fourth-order valence-corrected chi connectivity index (χ4v) is 5.88. The summed E-state index contributed by atoms with van der Waals surface area (Å²) in [6, 6.07) is 8.20. The number of piperidine rings is 1. The van der Waals surface area contributed by atoms with Crippen LogP contribution in [0.3, 0.4) is 0 Å². The van der Waals surface area contributed by atoms with Crippen LogP contribution < -0.4 is 4.74 Å². The van der Waals surface area contributed by atoms with Gasteiger partial charge in [-0.25, -0.2) is 13.2 Å². The topological polar surface area (TPSA) is 70.1 Å². The first-order chi connectivity index (χ1) is 19.0. The third kappa shape index (κ3) is 7.42. The lowest BCUT2D eigenvalue weighted by Crippen LogP contribution is -2.45. The molecule has 2 aliphatic heterocycles. The van der Waals surface area contributed by atoms with E-state index in [9.17, 15) is 13.6 Å². The SMILES string of the molecule is CC(c1cc(Cl)cc(Cl)c1)N1CCC(F)(COc2cc(F)c(C(=O)N3CCC(F)C3)cc2C2CC2)CC1.O=CO. The van der Waals surface area contributed by atoms with Crippen LogP contribution in [-0.2, 0) is 4.79 Å². The van der Waals surface area contributed by atoms with Gasteiger partial charge in [0.05, 0.1) is 12.1 Å². The molecule has 40 heavy (non-hydrogen) atoms. The predicted molar refractivity (Wildman–Crippen MR) is 148 cm³/mol. The van der Waals surface area contributed by atoms with Crippen molar-refractivity contribution in [1.82, 2.24) is 9.80 Å². The molecule has 3 fully saturated rings. The Bertz CT molecular complexity index is 1200. The summed E-state index contributed by atoms with van der Waals surface area (Å²) < 4.78 is 50.2. The van der Waals surface area contributed by atoms with Gasteiger partial charge >= 0.3 is 0 Å². The maximum absolute atomic E-state index is 15.7. The molecule has 2 aromatic rings. The second kappa shape index (κ2) is 13.0. The summed E-state index contributed by atoms with van der Waals surface area (Å²) >= 11 is 12.3. The fourth-order valence-electron chi connectivity index (χ4n) is 5.34. The maximum atomic E-state index is 15.7. The molecule has 0 bridgehead atoms. The molecule has 5 rings (SSSR count). The highest BCUT2D eigenvalue weighted by atomic mass is 35.5. The molecule has 1 saturated carbocycles. The van der Waals surface area contributed by atoms with E-state index >= 15 is 4.39 Å². The third-order valence-corrected chi connectivity index (χ3v) is 8.30. The van der Waals surface area contributed by atoms with E-state index in [4.69, 9.17) is 37.8 Å². The largest absolute Gasteiger partial charge is 0.490 e. The molecule has 2 atom stereocenters. The molecule has 2 aromatic carbocycles. The van der Waals surface area contributed by atoms with E-state index in [-0.39, 0.29) is 63.0 Å². The summed E-state index contributed by atoms with van der Waals surface area (Å²) in [5.74, 6) is -0.765. The van der Waals surface area contributed by atoms with Crippen LogP contribution in [-0.4, -0.2) is 71.9 Å². The van der Waals surface area contributed by atoms with E-state index in [1.807, 2.05) is 19.1 Å². The molecular weight excluding hydrogens is 568 g/mol. The molecule has 2 saturated heterocycles. The number of halogens is 5. The summed E-state index contributed by atoms with van der Waals surface area (Å²) in [6.45, 7) is 2.95. The van der Waals surface area contributed by atoms with E-state index in [1.165, 1.54) is 17.0 Å². The number of carboxylic acid groups (broad SMARTS) is 1. The zero-order valence-electron chi connectivity index (χ0n) is 22.2. The minimum absolute atomic E-state index is 0.0142. The fraction of sp³-hybridized carbons (Fsp3) is 0.517. The number of likely N-dealkylation sites (tertiary alicyclic amines) is 2. The van der Waals surface area contributed by atoms with Crippen LogP contribution >= 0.6 is 23.2 Å². The number of alkyl halides is 2. The zero-order valence-corrected chi connectivity index (χ0v) is 23.7. The van der Waals surface area contributed by atoms with Gasteiger partial charge in [0, 0.05) is 41.8 Å². The standard InChI is InChI=1S/C28H31Cl2F3N2O2.CH2O2/c1-17(19-10-20(29)12-21(30)11-19)34-8-5-28(33,6-9-34)16-37-26-14-25(32)24(13-23(26)18-2-3-18)27(36)35-7-4-22(31)15-35;2-1-3/h10-14,17-18,22H,2-9,15-16H2,1H3;1H,(H,2,3). The summed E-state index contributed by atoms with van der Waals surface area (Å²) in [6.07, 6.45) is 1.58. The molecule has 3 aliphatic rings. The number of nitrogens with zero attached hydrogens (tertiary/aromatic N) is 2. The second-order valence-electron chi connectivity index (χ2n) is 10.7. The van der Waals surface area contributed by atoms with Crippen LogP contribution in [0.25, 0.3) is 0 Å². The number of rotatable bonds is 7. The van der Waals surface area contributed by atoms with Crippen molar-refractivity contribution in [2.75, 3.05) is 32.8 Å². The molecule has 1 N–H and O–H groups in total. The monoisotopic (exact) mass is 600 g/mol. The van der Waals surface area contributed by atoms with Crippen molar-refractivity contribution >= 4 is 35.6 Å². The summed E-state index contributed by atoms with van der Waals surface area (Å²) in [5, 5.41) is 8.02. The number of ether oxygens (including phenoxy) is 1. The molecule has 6 nitrogen and oxygen atoms in total. The Morgan fingerprint density at radius 1 is 1.12 bits per heavy atom. The molecular formula is C29H33Cl2F3N2O4. The van der Waals surface area contributed by atoms with Gasteiger partial charge in [-0.05, 0) is 80.3 Å². The number of carbonyl (C=O) groups is 2. The van der Waals surface area contributed by atoms with Crippen molar-refractivity contribution < 1.29 is 32.6 Å². The number of amides is 1.